The largest absolute Gasteiger partial charge is 0.392 e. The van der Waals surface area contributed by atoms with Gasteiger partial charge in [-0.2, -0.15) is 5.10 Å². The molecule has 0 spiro atoms. The Kier molecular flexibility index (Phi) is 4.72. The first-order valence-corrected chi connectivity index (χ1v) is 7.80. The van der Waals surface area contributed by atoms with E-state index in [4.69, 9.17) is 0 Å². The number of aromatic nitrogens is 3. The number of benzene rings is 1. The number of hydrogen-bond donors (Lipinski definition) is 2. The molecule has 2 heterocycles. The fraction of sp³-hybridized carbons (Fsp3) is 0.467. The number of aryl methyl sites for hydroxylation is 1. The number of aromatic amines is 1. The number of piperazine rings is 1. The van der Waals surface area contributed by atoms with E-state index in [9.17, 15) is 15.2 Å². The van der Waals surface area contributed by atoms with Gasteiger partial charge in [0, 0.05) is 32.2 Å². The number of H-pyrrole nitrogens is 1. The lowest BCUT2D eigenvalue weighted by atomic mass is 10.1. The Hall–Kier alpha value is -2.52. The van der Waals surface area contributed by atoms with E-state index in [-0.39, 0.29) is 17.2 Å². The molecule has 0 amide bonds. The van der Waals surface area contributed by atoms with Crippen molar-refractivity contribution in [3.63, 3.8) is 0 Å². The van der Waals surface area contributed by atoms with Gasteiger partial charge in [-0.15, -0.1) is 0 Å². The van der Waals surface area contributed by atoms with Gasteiger partial charge in [0.25, 0.3) is 5.69 Å². The Bertz CT molecular complexity index is 724. The number of aliphatic hydroxyl groups excluding tert-OH is 1. The summed E-state index contributed by atoms with van der Waals surface area (Å²) in [5.41, 5.74) is 1.32. The van der Waals surface area contributed by atoms with E-state index in [1.165, 1.54) is 6.07 Å². The second kappa shape index (κ2) is 6.93. The van der Waals surface area contributed by atoms with Gasteiger partial charge in [0.05, 0.1) is 18.1 Å². The first-order valence-electron chi connectivity index (χ1n) is 7.80. The third-order valence-corrected chi connectivity index (χ3v) is 4.14. The highest BCUT2D eigenvalue weighted by atomic mass is 16.6. The molecule has 1 aliphatic heterocycles. The average molecular weight is 332 g/mol. The van der Waals surface area contributed by atoms with E-state index in [0.29, 0.717) is 30.9 Å². The van der Waals surface area contributed by atoms with Crippen LogP contribution < -0.4 is 4.90 Å². The zero-order chi connectivity index (χ0) is 17.1. The smallest absolute Gasteiger partial charge is 0.292 e. The fourth-order valence-corrected chi connectivity index (χ4v) is 2.88. The molecule has 1 fully saturated rings. The molecule has 1 aromatic carbocycles. The first kappa shape index (κ1) is 16.3. The molecule has 2 N–H and O–H groups in total. The molecule has 0 atom stereocenters. The molecule has 0 unspecified atom stereocenters. The summed E-state index contributed by atoms with van der Waals surface area (Å²) in [6.07, 6.45) is 0. The van der Waals surface area contributed by atoms with Crippen LogP contribution in [0.25, 0.3) is 0 Å². The maximum atomic E-state index is 11.3. The lowest BCUT2D eigenvalue weighted by Crippen LogP contribution is -2.46. The SMILES string of the molecule is Cc1nc(CN2CCN(c3cc(CO)ccc3[N+](=O)[O-])CC2)n[nH]1. The van der Waals surface area contributed by atoms with Crippen molar-refractivity contribution in [3.05, 3.63) is 45.5 Å². The second-order valence-electron chi connectivity index (χ2n) is 5.84. The van der Waals surface area contributed by atoms with Crippen molar-refractivity contribution in [2.75, 3.05) is 31.1 Å². The molecule has 1 saturated heterocycles. The van der Waals surface area contributed by atoms with Crippen LogP contribution in [0.2, 0.25) is 0 Å². The van der Waals surface area contributed by atoms with Crippen LogP contribution in [0.15, 0.2) is 18.2 Å². The number of nitro benzene ring substituents is 1. The minimum absolute atomic E-state index is 0.0743. The summed E-state index contributed by atoms with van der Waals surface area (Å²) in [7, 11) is 0. The first-order chi connectivity index (χ1) is 11.6. The fourth-order valence-electron chi connectivity index (χ4n) is 2.88. The van der Waals surface area contributed by atoms with E-state index >= 15 is 0 Å². The molecular weight excluding hydrogens is 312 g/mol. The zero-order valence-electron chi connectivity index (χ0n) is 13.5. The van der Waals surface area contributed by atoms with Crippen molar-refractivity contribution in [2.45, 2.75) is 20.1 Å². The van der Waals surface area contributed by atoms with Crippen LogP contribution in [0.3, 0.4) is 0 Å². The van der Waals surface area contributed by atoms with E-state index in [0.717, 1.165) is 24.7 Å². The second-order valence-corrected chi connectivity index (χ2v) is 5.84. The molecule has 24 heavy (non-hydrogen) atoms. The van der Waals surface area contributed by atoms with Crippen molar-refractivity contribution in [1.82, 2.24) is 20.1 Å². The Morgan fingerprint density at radius 1 is 1.33 bits per heavy atom. The van der Waals surface area contributed by atoms with Crippen LogP contribution in [0.5, 0.6) is 0 Å². The molecule has 0 radical (unpaired) electrons. The van der Waals surface area contributed by atoms with Crippen LogP contribution in [0.4, 0.5) is 11.4 Å². The summed E-state index contributed by atoms with van der Waals surface area (Å²) >= 11 is 0. The number of hydrogen-bond acceptors (Lipinski definition) is 7. The lowest BCUT2D eigenvalue weighted by molar-refractivity contribution is -0.384. The van der Waals surface area contributed by atoms with Crippen LogP contribution in [-0.2, 0) is 13.2 Å². The summed E-state index contributed by atoms with van der Waals surface area (Å²) < 4.78 is 0. The summed E-state index contributed by atoms with van der Waals surface area (Å²) in [4.78, 5) is 19.4. The third-order valence-electron chi connectivity index (χ3n) is 4.14. The van der Waals surface area contributed by atoms with Gasteiger partial charge in [-0.1, -0.05) is 0 Å². The predicted octanol–water partition coefficient (Wildman–Crippen LogP) is 0.836. The van der Waals surface area contributed by atoms with Gasteiger partial charge in [-0.3, -0.25) is 20.1 Å². The van der Waals surface area contributed by atoms with E-state index in [1.807, 2.05) is 11.8 Å². The van der Waals surface area contributed by atoms with Crippen LogP contribution >= 0.6 is 0 Å². The van der Waals surface area contributed by atoms with Crippen LogP contribution in [0, 0.1) is 17.0 Å². The molecule has 9 nitrogen and oxygen atoms in total. The van der Waals surface area contributed by atoms with Crippen molar-refractivity contribution >= 4 is 11.4 Å². The molecule has 128 valence electrons. The van der Waals surface area contributed by atoms with Gasteiger partial charge in [-0.25, -0.2) is 4.98 Å². The summed E-state index contributed by atoms with van der Waals surface area (Å²) in [6, 6.07) is 4.75. The Balaban J connectivity index is 1.69. The molecule has 1 aromatic heterocycles. The predicted molar refractivity (Wildman–Crippen MR) is 87.6 cm³/mol. The quantitative estimate of drug-likeness (QED) is 0.616. The zero-order valence-corrected chi connectivity index (χ0v) is 13.5. The van der Waals surface area contributed by atoms with Crippen LogP contribution in [-0.4, -0.2) is 56.3 Å². The number of aliphatic hydroxyl groups is 1. The molecular formula is C15H20N6O3. The number of nitrogens with one attached hydrogen (secondary N) is 1. The van der Waals surface area contributed by atoms with E-state index < -0.39 is 0 Å². The summed E-state index contributed by atoms with van der Waals surface area (Å²) in [6.45, 7) is 5.30. The number of nitro groups is 1. The summed E-state index contributed by atoms with van der Waals surface area (Å²) in [5, 5.41) is 27.5. The molecule has 2 aromatic rings. The molecule has 9 heteroatoms. The highest BCUT2D eigenvalue weighted by Crippen LogP contribution is 2.30. The topological polar surface area (TPSA) is 111 Å². The lowest BCUT2D eigenvalue weighted by Gasteiger charge is -2.35. The van der Waals surface area contributed by atoms with Gasteiger partial charge in [0.15, 0.2) is 5.82 Å². The Labute approximate surface area is 139 Å². The highest BCUT2D eigenvalue weighted by Gasteiger charge is 2.24. The standard InChI is InChI=1S/C15H20N6O3/c1-11-16-15(18-17-11)9-19-4-6-20(7-5-19)14-8-12(10-22)2-3-13(14)21(23)24/h2-3,8,22H,4-7,9-10H2,1H3,(H,16,17,18). The van der Waals surface area contributed by atoms with Gasteiger partial charge >= 0.3 is 0 Å². The maximum Gasteiger partial charge on any atom is 0.292 e. The Morgan fingerprint density at radius 2 is 2.08 bits per heavy atom. The van der Waals surface area contributed by atoms with E-state index in [2.05, 4.69) is 20.1 Å². The highest BCUT2D eigenvalue weighted by molar-refractivity contribution is 5.64. The number of nitrogens with zero attached hydrogens (tertiary/aromatic N) is 5. The summed E-state index contributed by atoms with van der Waals surface area (Å²) in [5.74, 6) is 1.55. The van der Waals surface area contributed by atoms with E-state index in [1.54, 1.807) is 12.1 Å². The van der Waals surface area contributed by atoms with Crippen molar-refractivity contribution in [2.24, 2.45) is 0 Å². The molecule has 3 rings (SSSR count). The van der Waals surface area contributed by atoms with Gasteiger partial charge in [0.1, 0.15) is 11.5 Å². The van der Waals surface area contributed by atoms with Gasteiger partial charge in [-0.05, 0) is 24.6 Å². The minimum atomic E-state index is -0.376. The average Bonchev–Trinajstić information content (AvgIpc) is 2.99. The normalized spacial score (nSPS) is 15.7. The third kappa shape index (κ3) is 3.52. The molecule has 0 bridgehead atoms. The molecule has 1 aliphatic rings. The minimum Gasteiger partial charge on any atom is -0.392 e. The molecule has 0 saturated carbocycles. The monoisotopic (exact) mass is 332 g/mol. The number of rotatable bonds is 5. The Morgan fingerprint density at radius 3 is 2.67 bits per heavy atom. The maximum absolute atomic E-state index is 11.3. The molecule has 0 aliphatic carbocycles. The number of anilines is 1. The van der Waals surface area contributed by atoms with Gasteiger partial charge < -0.3 is 10.0 Å². The van der Waals surface area contributed by atoms with Crippen LogP contribution in [0.1, 0.15) is 17.2 Å². The van der Waals surface area contributed by atoms with Crippen molar-refractivity contribution in [3.8, 4) is 0 Å². The van der Waals surface area contributed by atoms with Crippen molar-refractivity contribution in [1.29, 1.82) is 0 Å². The van der Waals surface area contributed by atoms with Gasteiger partial charge in [0.2, 0.25) is 0 Å². The van der Waals surface area contributed by atoms with Crippen molar-refractivity contribution < 1.29 is 10.0 Å².